The fourth-order valence-corrected chi connectivity index (χ4v) is 5.42. The van der Waals surface area contributed by atoms with Crippen LogP contribution in [-0.2, 0) is 4.79 Å². The summed E-state index contributed by atoms with van der Waals surface area (Å²) >= 11 is 3.52. The predicted molar refractivity (Wildman–Crippen MR) is 104 cm³/mol. The molecular formula is C17H16FN3O4S2. The lowest BCUT2D eigenvalue weighted by atomic mass is 10.1. The summed E-state index contributed by atoms with van der Waals surface area (Å²) in [5.74, 6) is 1.68. The van der Waals surface area contributed by atoms with Crippen LogP contribution in [0.5, 0.6) is 0 Å². The first-order chi connectivity index (χ1) is 12.9. The van der Waals surface area contributed by atoms with Gasteiger partial charge in [0.2, 0.25) is 5.91 Å². The lowest BCUT2D eigenvalue weighted by molar-refractivity contribution is -0.384. The van der Waals surface area contributed by atoms with E-state index in [9.17, 15) is 19.3 Å². The zero-order chi connectivity index (χ0) is 19.4. The van der Waals surface area contributed by atoms with E-state index in [0.717, 1.165) is 23.6 Å². The number of furan rings is 1. The molecule has 1 aromatic carbocycles. The quantitative estimate of drug-likeness (QED) is 0.439. The lowest BCUT2D eigenvalue weighted by Gasteiger charge is -2.19. The maximum Gasteiger partial charge on any atom is 0.283 e. The molecule has 0 radical (unpaired) electrons. The van der Waals surface area contributed by atoms with Gasteiger partial charge in [-0.2, -0.15) is 5.10 Å². The molecule has 27 heavy (non-hydrogen) atoms. The molecule has 1 aromatic heterocycles. The standard InChI is InChI=1S/C17H16FN3O4S2/c1-17(26-6-7-27-17)9-16(22)20-19-10-12-3-5-15(25-12)13-4-2-11(18)8-14(13)21(23)24/h2-5,8,10H,6-7,9H2,1H3,(H,20,22)/b19-10-. The van der Waals surface area contributed by atoms with Gasteiger partial charge in [0, 0.05) is 11.5 Å². The zero-order valence-electron chi connectivity index (χ0n) is 14.3. The number of nitrogens with zero attached hydrogens (tertiary/aromatic N) is 2. The molecule has 0 saturated carbocycles. The molecule has 0 spiro atoms. The van der Waals surface area contributed by atoms with Gasteiger partial charge in [0.1, 0.15) is 17.3 Å². The molecule has 0 unspecified atom stereocenters. The van der Waals surface area contributed by atoms with Gasteiger partial charge >= 0.3 is 0 Å². The highest BCUT2D eigenvalue weighted by molar-refractivity contribution is 8.21. The van der Waals surface area contributed by atoms with Crippen molar-refractivity contribution in [1.82, 2.24) is 5.43 Å². The Morgan fingerprint density at radius 1 is 1.41 bits per heavy atom. The lowest BCUT2D eigenvalue weighted by Crippen LogP contribution is -2.26. The normalized spacial score (nSPS) is 15.9. The second-order valence-electron chi connectivity index (χ2n) is 5.92. The summed E-state index contributed by atoms with van der Waals surface area (Å²) in [7, 11) is 0. The van der Waals surface area contributed by atoms with Crippen molar-refractivity contribution >= 4 is 41.3 Å². The van der Waals surface area contributed by atoms with Gasteiger partial charge in [-0.25, -0.2) is 9.82 Å². The number of nitrogens with one attached hydrogen (secondary N) is 1. The Balaban J connectivity index is 1.65. The second-order valence-corrected chi connectivity index (χ2v) is 9.38. The molecule has 142 valence electrons. The molecule has 1 saturated heterocycles. The number of nitro benzene ring substituents is 1. The third-order valence-corrected chi connectivity index (χ3v) is 7.10. The first-order valence-corrected chi connectivity index (χ1v) is 9.97. The van der Waals surface area contributed by atoms with Crippen molar-refractivity contribution in [3.8, 4) is 11.3 Å². The molecule has 0 aliphatic carbocycles. The van der Waals surface area contributed by atoms with E-state index in [2.05, 4.69) is 10.5 Å². The third kappa shape index (κ3) is 4.89. The van der Waals surface area contributed by atoms with Gasteiger partial charge in [-0.15, -0.1) is 23.5 Å². The molecule has 3 rings (SSSR count). The van der Waals surface area contributed by atoms with E-state index >= 15 is 0 Å². The van der Waals surface area contributed by atoms with Gasteiger partial charge in [-0.05, 0) is 31.2 Å². The van der Waals surface area contributed by atoms with E-state index in [4.69, 9.17) is 4.42 Å². The van der Waals surface area contributed by atoms with Crippen molar-refractivity contribution in [1.29, 1.82) is 0 Å². The van der Waals surface area contributed by atoms with E-state index in [1.807, 2.05) is 6.92 Å². The molecule has 1 amide bonds. The Labute approximate surface area is 162 Å². The second kappa shape index (κ2) is 8.13. The highest BCUT2D eigenvalue weighted by Gasteiger charge is 2.32. The van der Waals surface area contributed by atoms with Crippen LogP contribution in [0.4, 0.5) is 10.1 Å². The highest BCUT2D eigenvalue weighted by Crippen LogP contribution is 2.45. The molecule has 7 nitrogen and oxygen atoms in total. The molecule has 1 fully saturated rings. The number of hydrogen-bond acceptors (Lipinski definition) is 7. The van der Waals surface area contributed by atoms with Gasteiger partial charge in [0.15, 0.2) is 0 Å². The Bertz CT molecular complexity index is 894. The Hall–Kier alpha value is -2.33. The van der Waals surface area contributed by atoms with Crippen LogP contribution < -0.4 is 5.43 Å². The van der Waals surface area contributed by atoms with Crippen LogP contribution in [0.25, 0.3) is 11.3 Å². The molecule has 2 heterocycles. The van der Waals surface area contributed by atoms with Crippen LogP contribution in [0.1, 0.15) is 19.1 Å². The van der Waals surface area contributed by atoms with Crippen LogP contribution in [0.3, 0.4) is 0 Å². The van der Waals surface area contributed by atoms with Crippen molar-refractivity contribution in [2.75, 3.05) is 11.5 Å². The summed E-state index contributed by atoms with van der Waals surface area (Å²) in [6, 6.07) is 6.33. The number of amides is 1. The predicted octanol–water partition coefficient (Wildman–Crippen LogP) is 4.03. The number of hydrogen-bond donors (Lipinski definition) is 1. The van der Waals surface area contributed by atoms with Crippen LogP contribution in [0.2, 0.25) is 0 Å². The first-order valence-electron chi connectivity index (χ1n) is 8.00. The number of benzene rings is 1. The van der Waals surface area contributed by atoms with E-state index < -0.39 is 10.7 Å². The number of carbonyl (C=O) groups is 1. The number of carbonyl (C=O) groups excluding carboxylic acids is 1. The number of thioether (sulfide) groups is 2. The number of nitro groups is 1. The zero-order valence-corrected chi connectivity index (χ0v) is 15.9. The van der Waals surface area contributed by atoms with E-state index in [-0.39, 0.29) is 27.0 Å². The fourth-order valence-electron chi connectivity index (χ4n) is 2.59. The number of rotatable bonds is 6. The third-order valence-electron chi connectivity index (χ3n) is 3.81. The summed E-state index contributed by atoms with van der Waals surface area (Å²) in [6.07, 6.45) is 1.67. The van der Waals surface area contributed by atoms with Gasteiger partial charge < -0.3 is 4.42 Å². The van der Waals surface area contributed by atoms with Gasteiger partial charge in [-0.1, -0.05) is 0 Å². The van der Waals surface area contributed by atoms with Crippen LogP contribution in [-0.4, -0.2) is 32.6 Å². The molecule has 1 aliphatic heterocycles. The van der Waals surface area contributed by atoms with E-state index in [0.29, 0.717) is 12.2 Å². The average molecular weight is 409 g/mol. The van der Waals surface area contributed by atoms with Gasteiger partial charge in [0.05, 0.1) is 33.3 Å². The largest absolute Gasteiger partial charge is 0.455 e. The Kier molecular flexibility index (Phi) is 5.85. The van der Waals surface area contributed by atoms with Crippen molar-refractivity contribution < 1.29 is 18.5 Å². The topological polar surface area (TPSA) is 97.7 Å². The summed E-state index contributed by atoms with van der Waals surface area (Å²) in [5, 5.41) is 15.0. The monoisotopic (exact) mass is 409 g/mol. The Morgan fingerprint density at radius 3 is 2.85 bits per heavy atom. The van der Waals surface area contributed by atoms with E-state index in [1.54, 1.807) is 29.6 Å². The van der Waals surface area contributed by atoms with Crippen molar-refractivity contribution in [3.05, 3.63) is 52.0 Å². The van der Waals surface area contributed by atoms with E-state index in [1.165, 1.54) is 18.3 Å². The molecule has 10 heteroatoms. The molecule has 2 aromatic rings. The van der Waals surface area contributed by atoms with Crippen molar-refractivity contribution in [2.45, 2.75) is 17.4 Å². The minimum absolute atomic E-state index is 0.126. The minimum Gasteiger partial charge on any atom is -0.455 e. The summed E-state index contributed by atoms with van der Waals surface area (Å²) in [6.45, 7) is 2.03. The average Bonchev–Trinajstić information content (AvgIpc) is 3.24. The summed E-state index contributed by atoms with van der Waals surface area (Å²) in [4.78, 5) is 22.4. The van der Waals surface area contributed by atoms with Crippen LogP contribution >= 0.6 is 23.5 Å². The van der Waals surface area contributed by atoms with Crippen molar-refractivity contribution in [3.63, 3.8) is 0 Å². The van der Waals surface area contributed by atoms with Crippen molar-refractivity contribution in [2.24, 2.45) is 5.10 Å². The van der Waals surface area contributed by atoms with Gasteiger partial charge in [-0.3, -0.25) is 14.9 Å². The molecule has 0 atom stereocenters. The molecule has 0 bridgehead atoms. The maximum atomic E-state index is 13.2. The molecule has 1 N–H and O–H groups in total. The fraction of sp³-hybridized carbons (Fsp3) is 0.294. The number of hydrazone groups is 1. The minimum atomic E-state index is -0.700. The smallest absolute Gasteiger partial charge is 0.283 e. The van der Waals surface area contributed by atoms with Crippen LogP contribution in [0, 0.1) is 15.9 Å². The maximum absolute atomic E-state index is 13.2. The SMILES string of the molecule is CC1(CC(=O)N/N=C\c2ccc(-c3ccc(F)cc3[N+](=O)[O-])o2)SCCS1. The number of halogens is 1. The molecular weight excluding hydrogens is 393 g/mol. The van der Waals surface area contributed by atoms with Gasteiger partial charge in [0.25, 0.3) is 5.69 Å². The first kappa shape index (κ1) is 19.4. The summed E-state index contributed by atoms with van der Waals surface area (Å²) in [5.41, 5.74) is 2.23. The highest BCUT2D eigenvalue weighted by atomic mass is 32.2. The summed E-state index contributed by atoms with van der Waals surface area (Å²) < 4.78 is 18.6. The van der Waals surface area contributed by atoms with Crippen LogP contribution in [0.15, 0.2) is 39.9 Å². The Morgan fingerprint density at radius 2 is 2.15 bits per heavy atom. The molecule has 1 aliphatic rings.